The van der Waals surface area contributed by atoms with Crippen molar-refractivity contribution in [2.24, 2.45) is 0 Å². The summed E-state index contributed by atoms with van der Waals surface area (Å²) in [5.41, 5.74) is 5.43. The van der Waals surface area contributed by atoms with Crippen molar-refractivity contribution in [1.29, 1.82) is 0 Å². The molecule has 2 rings (SSSR count). The lowest BCUT2D eigenvalue weighted by Crippen LogP contribution is -2.06. The standard InChI is InChI=1S/C11H10N2O3S/c1-15-7-3-2-4-8(5-7)16-11(14)9-6-10(12)13-17-9/h2-6H,1H3,(H2,12,13). The molecule has 0 radical (unpaired) electrons. The molecule has 0 saturated heterocycles. The Kier molecular flexibility index (Phi) is 3.24. The van der Waals surface area contributed by atoms with Gasteiger partial charge in [-0.3, -0.25) is 0 Å². The van der Waals surface area contributed by atoms with Crippen LogP contribution in [0.3, 0.4) is 0 Å². The molecule has 0 amide bonds. The normalized spacial score (nSPS) is 9.94. The molecular formula is C11H10N2O3S. The molecule has 0 saturated carbocycles. The van der Waals surface area contributed by atoms with E-state index in [1.165, 1.54) is 6.07 Å². The lowest BCUT2D eigenvalue weighted by atomic mass is 10.3. The van der Waals surface area contributed by atoms with E-state index in [4.69, 9.17) is 15.2 Å². The van der Waals surface area contributed by atoms with Crippen molar-refractivity contribution < 1.29 is 14.3 Å². The van der Waals surface area contributed by atoms with Gasteiger partial charge in [-0.15, -0.1) is 0 Å². The highest BCUT2D eigenvalue weighted by molar-refractivity contribution is 7.08. The number of anilines is 1. The van der Waals surface area contributed by atoms with Crippen molar-refractivity contribution >= 4 is 23.3 Å². The molecule has 6 heteroatoms. The molecule has 0 fully saturated rings. The van der Waals surface area contributed by atoms with Crippen LogP contribution >= 0.6 is 11.5 Å². The second-order valence-corrected chi connectivity index (χ2v) is 3.99. The number of carbonyl (C=O) groups is 1. The first kappa shape index (κ1) is 11.4. The van der Waals surface area contributed by atoms with Gasteiger partial charge in [0.1, 0.15) is 22.2 Å². The predicted molar refractivity (Wildman–Crippen MR) is 64.5 cm³/mol. The Morgan fingerprint density at radius 2 is 2.12 bits per heavy atom. The van der Waals surface area contributed by atoms with Gasteiger partial charge in [-0.05, 0) is 23.7 Å². The number of nitrogen functional groups attached to an aromatic ring is 1. The highest BCUT2D eigenvalue weighted by Crippen LogP contribution is 2.21. The number of rotatable bonds is 3. The minimum Gasteiger partial charge on any atom is -0.497 e. The third-order valence-corrected chi connectivity index (χ3v) is 2.76. The van der Waals surface area contributed by atoms with Crippen LogP contribution in [-0.2, 0) is 0 Å². The maximum Gasteiger partial charge on any atom is 0.355 e. The van der Waals surface area contributed by atoms with Crippen LogP contribution in [0, 0.1) is 0 Å². The summed E-state index contributed by atoms with van der Waals surface area (Å²) in [7, 11) is 1.55. The van der Waals surface area contributed by atoms with Crippen molar-refractivity contribution in [3.05, 3.63) is 35.2 Å². The van der Waals surface area contributed by atoms with Gasteiger partial charge in [0.15, 0.2) is 0 Å². The number of aromatic nitrogens is 1. The second kappa shape index (κ2) is 4.84. The summed E-state index contributed by atoms with van der Waals surface area (Å²) in [6.07, 6.45) is 0. The van der Waals surface area contributed by atoms with Crippen molar-refractivity contribution in [3.8, 4) is 11.5 Å². The molecule has 1 aromatic carbocycles. The molecule has 0 bridgehead atoms. The van der Waals surface area contributed by atoms with Crippen LogP contribution in [0.5, 0.6) is 11.5 Å². The van der Waals surface area contributed by atoms with E-state index in [1.807, 2.05) is 0 Å². The Morgan fingerprint density at radius 1 is 1.35 bits per heavy atom. The fourth-order valence-corrected chi connectivity index (χ4v) is 1.75. The summed E-state index contributed by atoms with van der Waals surface area (Å²) in [5.74, 6) is 0.875. The largest absolute Gasteiger partial charge is 0.497 e. The molecule has 0 atom stereocenters. The van der Waals surface area contributed by atoms with Gasteiger partial charge in [0.2, 0.25) is 0 Å². The van der Waals surface area contributed by atoms with Crippen LogP contribution < -0.4 is 15.2 Å². The summed E-state index contributed by atoms with van der Waals surface area (Å²) in [6, 6.07) is 8.28. The number of esters is 1. The van der Waals surface area contributed by atoms with Crippen LogP contribution in [0.15, 0.2) is 30.3 Å². The van der Waals surface area contributed by atoms with Crippen molar-refractivity contribution in [1.82, 2.24) is 4.37 Å². The SMILES string of the molecule is COc1cccc(OC(=O)c2cc(N)ns2)c1. The van der Waals surface area contributed by atoms with Gasteiger partial charge in [0.05, 0.1) is 7.11 Å². The summed E-state index contributed by atoms with van der Waals surface area (Å²) in [6.45, 7) is 0. The molecular weight excluding hydrogens is 240 g/mol. The van der Waals surface area contributed by atoms with Crippen LogP contribution in [0.4, 0.5) is 5.82 Å². The molecule has 0 aliphatic heterocycles. The second-order valence-electron chi connectivity index (χ2n) is 3.18. The van der Waals surface area contributed by atoms with E-state index >= 15 is 0 Å². The number of methoxy groups -OCH3 is 1. The molecule has 17 heavy (non-hydrogen) atoms. The third-order valence-electron chi connectivity index (χ3n) is 1.98. The molecule has 5 nitrogen and oxygen atoms in total. The highest BCUT2D eigenvalue weighted by Gasteiger charge is 2.12. The summed E-state index contributed by atoms with van der Waals surface area (Å²) < 4.78 is 14.0. The average molecular weight is 250 g/mol. The number of benzene rings is 1. The maximum absolute atomic E-state index is 11.7. The molecule has 2 N–H and O–H groups in total. The van der Waals surface area contributed by atoms with Gasteiger partial charge in [-0.2, -0.15) is 4.37 Å². The number of nitrogens with two attached hydrogens (primary N) is 1. The fourth-order valence-electron chi connectivity index (χ4n) is 1.21. The van der Waals surface area contributed by atoms with Gasteiger partial charge < -0.3 is 15.2 Å². The van der Waals surface area contributed by atoms with Crippen LogP contribution in [0.2, 0.25) is 0 Å². The number of nitrogens with zero attached hydrogens (tertiary/aromatic N) is 1. The van der Waals surface area contributed by atoms with Gasteiger partial charge in [-0.1, -0.05) is 6.07 Å². The Morgan fingerprint density at radius 3 is 2.76 bits per heavy atom. The van der Waals surface area contributed by atoms with E-state index in [-0.39, 0.29) is 0 Å². The fraction of sp³-hybridized carbons (Fsp3) is 0.0909. The lowest BCUT2D eigenvalue weighted by Gasteiger charge is -2.04. The number of hydrogen-bond donors (Lipinski definition) is 1. The predicted octanol–water partition coefficient (Wildman–Crippen LogP) is 1.95. The summed E-state index contributed by atoms with van der Waals surface area (Å²) in [4.78, 5) is 12.0. The first-order valence-corrected chi connectivity index (χ1v) is 5.55. The number of carbonyl (C=O) groups excluding carboxylic acids is 1. The molecule has 0 aliphatic rings. The highest BCUT2D eigenvalue weighted by atomic mass is 32.1. The molecule has 0 spiro atoms. The van der Waals surface area contributed by atoms with Crippen LogP contribution in [0.1, 0.15) is 9.67 Å². The van der Waals surface area contributed by atoms with Gasteiger partial charge in [0, 0.05) is 12.1 Å². The maximum atomic E-state index is 11.7. The van der Waals surface area contributed by atoms with Crippen molar-refractivity contribution in [2.45, 2.75) is 0 Å². The van der Waals surface area contributed by atoms with Crippen molar-refractivity contribution in [3.63, 3.8) is 0 Å². The van der Waals surface area contributed by atoms with Gasteiger partial charge >= 0.3 is 5.97 Å². The molecule has 0 aliphatic carbocycles. The quantitative estimate of drug-likeness (QED) is 0.665. The summed E-state index contributed by atoms with van der Waals surface area (Å²) in [5, 5.41) is 0. The zero-order valence-electron chi connectivity index (χ0n) is 9.04. The van der Waals surface area contributed by atoms with E-state index in [9.17, 15) is 4.79 Å². The minimum atomic E-state index is -0.479. The Bertz CT molecular complexity index is 539. The van der Waals surface area contributed by atoms with Crippen molar-refractivity contribution in [2.75, 3.05) is 12.8 Å². The molecule has 88 valence electrons. The zero-order valence-corrected chi connectivity index (χ0v) is 9.86. The van der Waals surface area contributed by atoms with E-state index in [1.54, 1.807) is 31.4 Å². The Balaban J connectivity index is 2.12. The molecule has 1 heterocycles. The van der Waals surface area contributed by atoms with Crippen LogP contribution in [0.25, 0.3) is 0 Å². The zero-order chi connectivity index (χ0) is 12.3. The lowest BCUT2D eigenvalue weighted by molar-refractivity contribution is 0.0739. The van der Waals surface area contributed by atoms with E-state index < -0.39 is 5.97 Å². The topological polar surface area (TPSA) is 74.4 Å². The van der Waals surface area contributed by atoms with Gasteiger partial charge in [0.25, 0.3) is 0 Å². The van der Waals surface area contributed by atoms with E-state index in [0.29, 0.717) is 22.2 Å². The first-order chi connectivity index (χ1) is 8.19. The van der Waals surface area contributed by atoms with E-state index in [0.717, 1.165) is 11.5 Å². The van der Waals surface area contributed by atoms with Gasteiger partial charge in [-0.25, -0.2) is 4.79 Å². The smallest absolute Gasteiger partial charge is 0.355 e. The Hall–Kier alpha value is -2.08. The first-order valence-electron chi connectivity index (χ1n) is 4.77. The van der Waals surface area contributed by atoms with E-state index in [2.05, 4.69) is 4.37 Å². The molecule has 2 aromatic rings. The monoisotopic (exact) mass is 250 g/mol. The average Bonchev–Trinajstić information content (AvgIpc) is 2.76. The summed E-state index contributed by atoms with van der Waals surface area (Å²) >= 11 is 1.01. The Labute approximate surface area is 102 Å². The number of hydrogen-bond acceptors (Lipinski definition) is 6. The third kappa shape index (κ3) is 2.73. The minimum absolute atomic E-state index is 0.313. The van der Waals surface area contributed by atoms with Crippen LogP contribution in [-0.4, -0.2) is 17.5 Å². The molecule has 0 unspecified atom stereocenters. The number of ether oxygens (including phenoxy) is 2. The molecule has 1 aromatic heterocycles.